The number of benzene rings is 1. The van der Waals surface area contributed by atoms with Crippen molar-refractivity contribution in [3.05, 3.63) is 34.9 Å². The van der Waals surface area contributed by atoms with Crippen LogP contribution in [0.25, 0.3) is 0 Å². The van der Waals surface area contributed by atoms with Crippen LogP contribution in [0.15, 0.2) is 29.4 Å². The monoisotopic (exact) mass is 351 g/mol. The average molecular weight is 352 g/mol. The molecule has 0 spiro atoms. The molecule has 1 heterocycles. The highest BCUT2D eigenvalue weighted by molar-refractivity contribution is 7.99. The number of tetrazole rings is 1. The van der Waals surface area contributed by atoms with Crippen LogP contribution < -0.4 is 5.32 Å². The number of carbonyl (C=O) groups excluding carboxylic acids is 1. The maximum atomic E-state index is 12.2. The van der Waals surface area contributed by atoms with E-state index in [1.54, 1.807) is 0 Å². The summed E-state index contributed by atoms with van der Waals surface area (Å²) in [5, 5.41) is 16.1. The molecule has 1 aliphatic carbocycles. The Labute approximate surface area is 144 Å². The topological polar surface area (TPSA) is 72.7 Å². The van der Waals surface area contributed by atoms with Gasteiger partial charge in [-0.05, 0) is 47.4 Å². The minimum absolute atomic E-state index is 0.0350. The highest BCUT2D eigenvalue weighted by Gasteiger charge is 2.28. The third kappa shape index (κ3) is 4.23. The van der Waals surface area contributed by atoms with Gasteiger partial charge in [0.1, 0.15) is 0 Å². The molecule has 1 aromatic carbocycles. The van der Waals surface area contributed by atoms with Gasteiger partial charge in [-0.25, -0.2) is 4.68 Å². The lowest BCUT2D eigenvalue weighted by Crippen LogP contribution is -2.29. The summed E-state index contributed by atoms with van der Waals surface area (Å²) in [4.78, 5) is 12.2. The van der Waals surface area contributed by atoms with E-state index >= 15 is 0 Å². The molecule has 1 aliphatic rings. The van der Waals surface area contributed by atoms with E-state index in [4.69, 9.17) is 11.6 Å². The Kier molecular flexibility index (Phi) is 5.17. The van der Waals surface area contributed by atoms with Crippen LogP contribution in [0, 0.1) is 0 Å². The summed E-state index contributed by atoms with van der Waals surface area (Å²) in [6.45, 7) is 2.03. The molecule has 1 atom stereocenters. The lowest BCUT2D eigenvalue weighted by Gasteiger charge is -2.17. The van der Waals surface area contributed by atoms with Gasteiger partial charge in [-0.15, -0.1) is 5.10 Å². The summed E-state index contributed by atoms with van der Waals surface area (Å²) < 4.78 is 1.81. The maximum Gasteiger partial charge on any atom is 0.230 e. The van der Waals surface area contributed by atoms with Crippen molar-refractivity contribution < 1.29 is 4.79 Å². The van der Waals surface area contributed by atoms with Gasteiger partial charge in [-0.3, -0.25) is 4.79 Å². The van der Waals surface area contributed by atoms with Crippen molar-refractivity contribution in [2.24, 2.45) is 0 Å². The van der Waals surface area contributed by atoms with E-state index in [0.717, 1.165) is 24.8 Å². The minimum Gasteiger partial charge on any atom is -0.349 e. The fraction of sp³-hybridized carbons (Fsp3) is 0.467. The quantitative estimate of drug-likeness (QED) is 0.776. The van der Waals surface area contributed by atoms with Crippen LogP contribution in [-0.2, 0) is 4.79 Å². The number of nitrogens with one attached hydrogen (secondary N) is 1. The second kappa shape index (κ2) is 7.31. The summed E-state index contributed by atoms with van der Waals surface area (Å²) in [6.07, 6.45) is 3.02. The van der Waals surface area contributed by atoms with Gasteiger partial charge in [-0.1, -0.05) is 42.4 Å². The zero-order valence-corrected chi connectivity index (χ0v) is 14.3. The van der Waals surface area contributed by atoms with Crippen LogP contribution in [0.5, 0.6) is 0 Å². The zero-order valence-electron chi connectivity index (χ0n) is 12.8. The van der Waals surface area contributed by atoms with Gasteiger partial charge >= 0.3 is 0 Å². The second-order valence-corrected chi connectivity index (χ2v) is 6.89. The molecule has 1 saturated carbocycles. The minimum atomic E-state index is -0.0405. The van der Waals surface area contributed by atoms with E-state index < -0.39 is 0 Å². The third-order valence-corrected chi connectivity index (χ3v) is 4.85. The molecule has 3 rings (SSSR count). The molecular formula is C15H18ClN5OS. The Bertz CT molecular complexity index is 688. The fourth-order valence-electron chi connectivity index (χ4n) is 2.34. The number of rotatable bonds is 7. The Morgan fingerprint density at radius 1 is 1.52 bits per heavy atom. The van der Waals surface area contributed by atoms with Crippen molar-refractivity contribution in [3.8, 4) is 0 Å². The molecule has 1 unspecified atom stereocenters. The van der Waals surface area contributed by atoms with Crippen molar-refractivity contribution in [2.45, 2.75) is 43.4 Å². The summed E-state index contributed by atoms with van der Waals surface area (Å²) in [5.41, 5.74) is 1.01. The van der Waals surface area contributed by atoms with Gasteiger partial charge < -0.3 is 5.32 Å². The second-order valence-electron chi connectivity index (χ2n) is 5.51. The SMILES string of the molecule is CCC(NC(=O)CSc1nnnn1C1CC1)c1cccc(Cl)c1. The van der Waals surface area contributed by atoms with Gasteiger partial charge in [0.2, 0.25) is 11.1 Å². The highest BCUT2D eigenvalue weighted by Crippen LogP contribution is 2.36. The molecule has 0 radical (unpaired) electrons. The first-order valence-electron chi connectivity index (χ1n) is 7.63. The molecule has 0 aliphatic heterocycles. The Hall–Kier alpha value is -1.60. The summed E-state index contributed by atoms with van der Waals surface area (Å²) in [7, 11) is 0. The molecule has 1 fully saturated rings. The van der Waals surface area contributed by atoms with Crippen molar-refractivity contribution in [3.63, 3.8) is 0 Å². The number of halogens is 1. The van der Waals surface area contributed by atoms with E-state index in [-0.39, 0.29) is 11.9 Å². The number of thioether (sulfide) groups is 1. The number of nitrogens with zero attached hydrogens (tertiary/aromatic N) is 4. The van der Waals surface area contributed by atoms with Crippen LogP contribution in [0.2, 0.25) is 5.02 Å². The van der Waals surface area contributed by atoms with Crippen LogP contribution in [0.1, 0.15) is 43.8 Å². The van der Waals surface area contributed by atoms with Crippen LogP contribution >= 0.6 is 23.4 Å². The van der Waals surface area contributed by atoms with Crippen LogP contribution in [0.4, 0.5) is 0 Å². The molecule has 122 valence electrons. The average Bonchev–Trinajstić information content (AvgIpc) is 3.29. The van der Waals surface area contributed by atoms with Crippen molar-refractivity contribution in [2.75, 3.05) is 5.75 Å². The highest BCUT2D eigenvalue weighted by atomic mass is 35.5. The Morgan fingerprint density at radius 2 is 2.35 bits per heavy atom. The zero-order chi connectivity index (χ0) is 16.2. The third-order valence-electron chi connectivity index (χ3n) is 3.68. The number of hydrogen-bond acceptors (Lipinski definition) is 5. The molecule has 23 heavy (non-hydrogen) atoms. The van der Waals surface area contributed by atoms with Crippen LogP contribution in [0.3, 0.4) is 0 Å². The summed E-state index contributed by atoms with van der Waals surface area (Å²) >= 11 is 7.39. The predicted molar refractivity (Wildman–Crippen MR) is 89.4 cm³/mol. The summed E-state index contributed by atoms with van der Waals surface area (Å²) in [5.74, 6) is 0.261. The number of amides is 1. The van der Waals surface area contributed by atoms with Crippen molar-refractivity contribution in [1.29, 1.82) is 0 Å². The first-order valence-corrected chi connectivity index (χ1v) is 8.99. The van der Waals surface area contributed by atoms with E-state index in [0.29, 0.717) is 22.0 Å². The molecule has 2 aromatic rings. The molecule has 1 aromatic heterocycles. The van der Waals surface area contributed by atoms with Crippen molar-refractivity contribution in [1.82, 2.24) is 25.5 Å². The normalized spacial score (nSPS) is 15.4. The smallest absolute Gasteiger partial charge is 0.230 e. The lowest BCUT2D eigenvalue weighted by atomic mass is 10.0. The maximum absolute atomic E-state index is 12.2. The molecular weight excluding hydrogens is 334 g/mol. The molecule has 0 saturated heterocycles. The molecule has 1 N–H and O–H groups in total. The first kappa shape index (κ1) is 16.3. The largest absolute Gasteiger partial charge is 0.349 e. The Morgan fingerprint density at radius 3 is 3.04 bits per heavy atom. The van der Waals surface area contributed by atoms with E-state index in [9.17, 15) is 4.79 Å². The first-order chi connectivity index (χ1) is 11.2. The molecule has 8 heteroatoms. The fourth-order valence-corrected chi connectivity index (χ4v) is 3.29. The van der Waals surface area contributed by atoms with Gasteiger partial charge in [-0.2, -0.15) is 0 Å². The molecule has 0 bridgehead atoms. The van der Waals surface area contributed by atoms with E-state index in [1.807, 2.05) is 35.9 Å². The number of hydrogen-bond donors (Lipinski definition) is 1. The van der Waals surface area contributed by atoms with Crippen molar-refractivity contribution >= 4 is 29.3 Å². The molecule has 1 amide bonds. The summed E-state index contributed by atoms with van der Waals surface area (Å²) in [6, 6.07) is 7.95. The van der Waals surface area contributed by atoms with Gasteiger partial charge in [0.05, 0.1) is 17.8 Å². The van der Waals surface area contributed by atoms with E-state index in [2.05, 4.69) is 20.8 Å². The van der Waals surface area contributed by atoms with Gasteiger partial charge in [0, 0.05) is 5.02 Å². The standard InChI is InChI=1S/C15H18ClN5OS/c1-2-13(10-4-3-5-11(16)8-10)17-14(22)9-23-15-18-19-20-21(15)12-6-7-12/h3-5,8,12-13H,2,6-7,9H2,1H3,(H,17,22). The van der Waals surface area contributed by atoms with Gasteiger partial charge in [0.15, 0.2) is 0 Å². The Balaban J connectivity index is 1.56. The van der Waals surface area contributed by atoms with Crippen LogP contribution in [-0.4, -0.2) is 31.9 Å². The van der Waals surface area contributed by atoms with Gasteiger partial charge in [0.25, 0.3) is 0 Å². The molecule has 6 nitrogen and oxygen atoms in total. The lowest BCUT2D eigenvalue weighted by molar-refractivity contribution is -0.119. The van der Waals surface area contributed by atoms with E-state index in [1.165, 1.54) is 11.8 Å². The number of aromatic nitrogens is 4. The number of carbonyl (C=O) groups is 1. The predicted octanol–water partition coefficient (Wildman–Crippen LogP) is 3.02.